The Balaban J connectivity index is 0. The lowest BCUT2D eigenvalue weighted by atomic mass is 9.80. The number of hydrogen-bond donors (Lipinski definition) is 2. The summed E-state index contributed by atoms with van der Waals surface area (Å²) in [6, 6.07) is 2.97. The fourth-order valence-electron chi connectivity index (χ4n) is 4.03. The summed E-state index contributed by atoms with van der Waals surface area (Å²) in [6.07, 6.45) is 7.58. The SMILES string of the molecule is CC1=C(C)C(=O)C(CCC(C)C)=C(CCC(C)C)C1=O.CC1=C(C)C(=O)C=CC1=O.CCC(C)C.Cc1c(O)ccc(O)c1C.O=C=O. The molecule has 2 aliphatic rings. The highest BCUT2D eigenvalue weighted by Crippen LogP contribution is 2.31. The maximum Gasteiger partial charge on any atom is 0.373 e. The number of benzene rings is 1. The Labute approximate surface area is 288 Å². The Bertz CT molecular complexity index is 1340. The lowest BCUT2D eigenvalue weighted by Crippen LogP contribution is -2.22. The fraction of sp³-hybridized carbons (Fsp3) is 0.525. The predicted octanol–water partition coefficient (Wildman–Crippen LogP) is 8.86. The Hall–Kier alpha value is -4.16. The van der Waals surface area contributed by atoms with Crippen LogP contribution in [0.5, 0.6) is 11.5 Å². The summed E-state index contributed by atoms with van der Waals surface area (Å²) in [5.41, 5.74) is 5.45. The molecule has 2 aliphatic carbocycles. The molecule has 0 radical (unpaired) electrons. The average molecular weight is 667 g/mol. The molecule has 0 aromatic heterocycles. The highest BCUT2D eigenvalue weighted by atomic mass is 16.3. The normalized spacial score (nSPS) is 14.2. The summed E-state index contributed by atoms with van der Waals surface area (Å²) in [5, 5.41) is 18.2. The molecule has 8 heteroatoms. The van der Waals surface area contributed by atoms with E-state index in [1.54, 1.807) is 41.5 Å². The molecule has 0 saturated carbocycles. The van der Waals surface area contributed by atoms with Crippen LogP contribution in [0.2, 0.25) is 0 Å². The lowest BCUT2D eigenvalue weighted by molar-refractivity contribution is -0.191. The van der Waals surface area contributed by atoms with Gasteiger partial charge >= 0.3 is 6.15 Å². The van der Waals surface area contributed by atoms with Gasteiger partial charge in [0, 0.05) is 33.4 Å². The quantitative estimate of drug-likeness (QED) is 0.217. The van der Waals surface area contributed by atoms with E-state index in [9.17, 15) is 19.2 Å². The highest BCUT2D eigenvalue weighted by Gasteiger charge is 2.29. The fourth-order valence-corrected chi connectivity index (χ4v) is 4.03. The van der Waals surface area contributed by atoms with E-state index in [4.69, 9.17) is 19.8 Å². The minimum absolute atomic E-state index is 0.0582. The molecule has 1 aromatic rings. The maximum atomic E-state index is 12.5. The summed E-state index contributed by atoms with van der Waals surface area (Å²) >= 11 is 0. The minimum atomic E-state index is -0.0582. The van der Waals surface area contributed by atoms with E-state index in [1.165, 1.54) is 30.7 Å². The van der Waals surface area contributed by atoms with Crippen molar-refractivity contribution < 1.29 is 39.0 Å². The van der Waals surface area contributed by atoms with Crippen molar-refractivity contribution in [3.05, 3.63) is 68.9 Å². The van der Waals surface area contributed by atoms with Gasteiger partial charge < -0.3 is 10.2 Å². The second-order valence-electron chi connectivity index (χ2n) is 13.3. The first-order valence-corrected chi connectivity index (χ1v) is 16.6. The van der Waals surface area contributed by atoms with Crippen molar-refractivity contribution >= 4 is 29.3 Å². The van der Waals surface area contributed by atoms with E-state index in [0.29, 0.717) is 34.1 Å². The highest BCUT2D eigenvalue weighted by molar-refractivity contribution is 6.24. The molecule has 0 unspecified atom stereocenters. The molecule has 1 aromatic carbocycles. The molecule has 0 fully saturated rings. The van der Waals surface area contributed by atoms with E-state index in [2.05, 4.69) is 48.5 Å². The Morgan fingerprint density at radius 3 is 1.06 bits per heavy atom. The lowest BCUT2D eigenvalue weighted by Gasteiger charge is -2.22. The smallest absolute Gasteiger partial charge is 0.373 e. The molecule has 2 N–H and O–H groups in total. The number of hydrogen-bond acceptors (Lipinski definition) is 8. The molecule has 0 spiro atoms. The Morgan fingerprint density at radius 1 is 0.562 bits per heavy atom. The summed E-state index contributed by atoms with van der Waals surface area (Å²) < 4.78 is 0. The van der Waals surface area contributed by atoms with Gasteiger partial charge in [-0.15, -0.1) is 0 Å². The third kappa shape index (κ3) is 16.1. The van der Waals surface area contributed by atoms with Gasteiger partial charge in [-0.1, -0.05) is 54.9 Å². The van der Waals surface area contributed by atoms with Crippen LogP contribution in [-0.4, -0.2) is 39.5 Å². The molecule has 0 aliphatic heterocycles. The monoisotopic (exact) mass is 666 g/mol. The van der Waals surface area contributed by atoms with Crippen LogP contribution >= 0.6 is 0 Å². The number of carbonyl (C=O) groups is 4. The molecule has 0 bridgehead atoms. The van der Waals surface area contributed by atoms with Gasteiger partial charge in [-0.3, -0.25) is 19.2 Å². The van der Waals surface area contributed by atoms with Crippen molar-refractivity contribution in [1.82, 2.24) is 0 Å². The third-order valence-corrected chi connectivity index (χ3v) is 8.33. The van der Waals surface area contributed by atoms with Crippen molar-refractivity contribution in [2.75, 3.05) is 0 Å². The standard InChI is InChI=1S/C18H28O2.C8H10O2.C8H8O2.C5H12.CO2/c1-11(2)7-9-15-16(10-8-12(3)4)18(20)14(6)13(5)17(15)19;2*1-5-6(2)8(10)4-3-7(5)9;1-4-5(2)3;2-1-3/h11-12H,7-10H2,1-6H3;3-4,9-10H,1-2H3;3-4H,1-2H3;5H,4H2,1-3H3;. The van der Waals surface area contributed by atoms with Crippen LogP contribution in [0.15, 0.2) is 57.7 Å². The van der Waals surface area contributed by atoms with Crippen molar-refractivity contribution in [2.45, 2.75) is 122 Å². The first-order valence-electron chi connectivity index (χ1n) is 16.6. The molecule has 0 atom stereocenters. The summed E-state index contributed by atoms with van der Waals surface area (Å²) in [5.74, 6) is 2.52. The number of phenols is 2. The van der Waals surface area contributed by atoms with E-state index in [-0.39, 0.29) is 40.8 Å². The van der Waals surface area contributed by atoms with Crippen molar-refractivity contribution in [3.8, 4) is 11.5 Å². The number of carbonyl (C=O) groups excluding carboxylic acids is 6. The molecule has 0 heterocycles. The third-order valence-electron chi connectivity index (χ3n) is 8.33. The second-order valence-corrected chi connectivity index (χ2v) is 13.3. The van der Waals surface area contributed by atoms with Crippen LogP contribution in [0.3, 0.4) is 0 Å². The molecular formula is C40H58O8. The van der Waals surface area contributed by atoms with E-state index >= 15 is 0 Å². The molecule has 0 saturated heterocycles. The largest absolute Gasteiger partial charge is 0.508 e. The van der Waals surface area contributed by atoms with Crippen molar-refractivity contribution in [3.63, 3.8) is 0 Å². The van der Waals surface area contributed by atoms with E-state index in [0.717, 1.165) is 53.9 Å². The van der Waals surface area contributed by atoms with Gasteiger partial charge in [0.25, 0.3) is 0 Å². The van der Waals surface area contributed by atoms with Crippen LogP contribution in [0, 0.1) is 31.6 Å². The van der Waals surface area contributed by atoms with Gasteiger partial charge in [0.1, 0.15) is 11.5 Å². The summed E-state index contributed by atoms with van der Waals surface area (Å²) in [6.45, 7) is 25.7. The number of rotatable bonds is 7. The Kier molecular flexibility index (Phi) is 22.2. The second kappa shape index (κ2) is 23.2. The number of phenolic OH excluding ortho intramolecular Hbond substituents is 2. The van der Waals surface area contributed by atoms with Gasteiger partial charge in [-0.25, -0.2) is 0 Å². The zero-order valence-corrected chi connectivity index (χ0v) is 31.4. The summed E-state index contributed by atoms with van der Waals surface area (Å²) in [4.78, 5) is 62.9. The molecule has 48 heavy (non-hydrogen) atoms. The van der Waals surface area contributed by atoms with Crippen LogP contribution in [0.4, 0.5) is 0 Å². The first-order chi connectivity index (χ1) is 22.2. The van der Waals surface area contributed by atoms with Crippen LogP contribution < -0.4 is 0 Å². The van der Waals surface area contributed by atoms with Gasteiger partial charge in [0.15, 0.2) is 23.1 Å². The van der Waals surface area contributed by atoms with Gasteiger partial charge in [-0.05, 0) is 120 Å². The topological polar surface area (TPSA) is 143 Å². The molecule has 8 nitrogen and oxygen atoms in total. The number of aromatic hydroxyl groups is 2. The molecular weight excluding hydrogens is 608 g/mol. The maximum absolute atomic E-state index is 12.5. The van der Waals surface area contributed by atoms with E-state index in [1.807, 2.05) is 0 Å². The number of allylic oxidation sites excluding steroid dienone is 8. The average Bonchev–Trinajstić information content (AvgIpc) is 3.03. The predicted molar refractivity (Wildman–Crippen MR) is 190 cm³/mol. The van der Waals surface area contributed by atoms with Gasteiger partial charge in [-0.2, -0.15) is 9.59 Å². The van der Waals surface area contributed by atoms with Crippen LogP contribution in [0.25, 0.3) is 0 Å². The minimum Gasteiger partial charge on any atom is -0.508 e. The van der Waals surface area contributed by atoms with Crippen molar-refractivity contribution in [1.29, 1.82) is 0 Å². The number of Topliss-reactive ketones (excluding diaryl/α,β-unsaturated/α-hetero) is 2. The molecule has 3 rings (SSSR count). The summed E-state index contributed by atoms with van der Waals surface area (Å²) in [7, 11) is 0. The van der Waals surface area contributed by atoms with Gasteiger partial charge in [0.2, 0.25) is 0 Å². The number of ketones is 4. The first kappa shape index (κ1) is 46.0. The van der Waals surface area contributed by atoms with Crippen LogP contribution in [-0.2, 0) is 28.8 Å². The molecule has 0 amide bonds. The zero-order chi connectivity index (χ0) is 37.9. The van der Waals surface area contributed by atoms with E-state index < -0.39 is 0 Å². The van der Waals surface area contributed by atoms with Crippen molar-refractivity contribution in [2.24, 2.45) is 17.8 Å². The molecule has 266 valence electrons. The Morgan fingerprint density at radius 2 is 0.833 bits per heavy atom. The zero-order valence-electron chi connectivity index (χ0n) is 31.4. The van der Waals surface area contributed by atoms with Crippen LogP contribution in [0.1, 0.15) is 119 Å². The van der Waals surface area contributed by atoms with Gasteiger partial charge in [0.05, 0.1) is 0 Å².